The number of benzene rings is 2. The van der Waals surface area contributed by atoms with E-state index in [0.717, 1.165) is 47.6 Å². The fraction of sp³-hybridized carbons (Fsp3) is 0.304. The average molecular weight is 357 g/mol. The van der Waals surface area contributed by atoms with E-state index >= 15 is 0 Å². The van der Waals surface area contributed by atoms with E-state index in [1.807, 2.05) is 6.21 Å². The SMILES string of the molecule is COc1c(C)cc(-c2nc3n(c2-c2ccc4c(c2)CC=N4)CCC3)cc1C. The van der Waals surface area contributed by atoms with Crippen LogP contribution < -0.4 is 4.74 Å². The molecule has 0 fully saturated rings. The molecule has 1 aromatic heterocycles. The summed E-state index contributed by atoms with van der Waals surface area (Å²) in [4.78, 5) is 9.52. The van der Waals surface area contributed by atoms with Crippen molar-refractivity contribution in [2.75, 3.05) is 7.11 Å². The highest BCUT2D eigenvalue weighted by Gasteiger charge is 2.24. The van der Waals surface area contributed by atoms with Gasteiger partial charge in [0, 0.05) is 36.7 Å². The highest BCUT2D eigenvalue weighted by atomic mass is 16.5. The normalized spacial score (nSPS) is 14.5. The van der Waals surface area contributed by atoms with Crippen molar-refractivity contribution in [3.05, 3.63) is 52.8 Å². The lowest BCUT2D eigenvalue weighted by molar-refractivity contribution is 0.408. The van der Waals surface area contributed by atoms with Crippen LogP contribution in [0.3, 0.4) is 0 Å². The molecule has 0 bridgehead atoms. The molecular weight excluding hydrogens is 334 g/mol. The van der Waals surface area contributed by atoms with Gasteiger partial charge in [-0.1, -0.05) is 6.07 Å². The van der Waals surface area contributed by atoms with Crippen molar-refractivity contribution in [2.24, 2.45) is 4.99 Å². The van der Waals surface area contributed by atoms with Gasteiger partial charge in [-0.2, -0.15) is 0 Å². The topological polar surface area (TPSA) is 39.4 Å². The quantitative estimate of drug-likeness (QED) is 0.658. The predicted octanol–water partition coefficient (Wildman–Crippen LogP) is 5.05. The number of aromatic nitrogens is 2. The van der Waals surface area contributed by atoms with Gasteiger partial charge in [-0.05, 0) is 61.2 Å². The Labute approximate surface area is 159 Å². The van der Waals surface area contributed by atoms with Crippen LogP contribution in [-0.4, -0.2) is 22.9 Å². The molecule has 2 aromatic carbocycles. The smallest absolute Gasteiger partial charge is 0.124 e. The Morgan fingerprint density at radius 2 is 1.85 bits per heavy atom. The maximum atomic E-state index is 5.55. The molecule has 0 amide bonds. The lowest BCUT2D eigenvalue weighted by Gasteiger charge is -2.13. The molecule has 2 aliphatic heterocycles. The molecule has 5 rings (SSSR count). The first-order valence-corrected chi connectivity index (χ1v) is 9.56. The van der Waals surface area contributed by atoms with E-state index in [4.69, 9.17) is 9.72 Å². The Balaban J connectivity index is 1.71. The number of nitrogens with zero attached hydrogens (tertiary/aromatic N) is 3. The van der Waals surface area contributed by atoms with Crippen molar-refractivity contribution in [1.82, 2.24) is 9.55 Å². The van der Waals surface area contributed by atoms with Crippen molar-refractivity contribution >= 4 is 11.9 Å². The van der Waals surface area contributed by atoms with E-state index in [1.54, 1.807) is 7.11 Å². The van der Waals surface area contributed by atoms with Crippen LogP contribution in [0.2, 0.25) is 0 Å². The number of methoxy groups -OCH3 is 1. The first kappa shape index (κ1) is 16.3. The number of aryl methyl sites for hydroxylation is 3. The van der Waals surface area contributed by atoms with Gasteiger partial charge in [0.2, 0.25) is 0 Å². The highest BCUT2D eigenvalue weighted by Crippen LogP contribution is 2.39. The minimum atomic E-state index is 0.917. The number of imidazole rings is 1. The Hall–Kier alpha value is -2.88. The fourth-order valence-electron chi connectivity index (χ4n) is 4.49. The van der Waals surface area contributed by atoms with E-state index < -0.39 is 0 Å². The van der Waals surface area contributed by atoms with Crippen molar-refractivity contribution in [3.8, 4) is 28.3 Å². The van der Waals surface area contributed by atoms with Crippen LogP contribution in [0.15, 0.2) is 35.3 Å². The summed E-state index contributed by atoms with van der Waals surface area (Å²) >= 11 is 0. The first-order valence-electron chi connectivity index (χ1n) is 9.56. The van der Waals surface area contributed by atoms with Gasteiger partial charge in [-0.25, -0.2) is 4.98 Å². The lowest BCUT2D eigenvalue weighted by atomic mass is 9.98. The zero-order chi connectivity index (χ0) is 18.5. The molecule has 0 aliphatic carbocycles. The zero-order valence-electron chi connectivity index (χ0n) is 16.0. The molecule has 0 unspecified atom stereocenters. The summed E-state index contributed by atoms with van der Waals surface area (Å²) in [6.07, 6.45) is 5.13. The van der Waals surface area contributed by atoms with Gasteiger partial charge in [0.1, 0.15) is 11.6 Å². The fourth-order valence-corrected chi connectivity index (χ4v) is 4.49. The molecule has 27 heavy (non-hydrogen) atoms. The van der Waals surface area contributed by atoms with Gasteiger partial charge in [-0.15, -0.1) is 0 Å². The summed E-state index contributed by atoms with van der Waals surface area (Å²) in [5.74, 6) is 2.16. The molecule has 3 aromatic rings. The summed E-state index contributed by atoms with van der Waals surface area (Å²) in [5, 5.41) is 0. The van der Waals surface area contributed by atoms with Gasteiger partial charge < -0.3 is 9.30 Å². The molecule has 136 valence electrons. The Morgan fingerprint density at radius 1 is 1.04 bits per heavy atom. The largest absolute Gasteiger partial charge is 0.496 e. The second kappa shape index (κ2) is 6.08. The molecule has 0 radical (unpaired) electrons. The van der Waals surface area contributed by atoms with E-state index in [9.17, 15) is 0 Å². The van der Waals surface area contributed by atoms with E-state index in [2.05, 4.69) is 53.7 Å². The van der Waals surface area contributed by atoms with Gasteiger partial charge in [0.25, 0.3) is 0 Å². The van der Waals surface area contributed by atoms with Crippen LogP contribution in [-0.2, 0) is 19.4 Å². The number of hydrogen-bond donors (Lipinski definition) is 0. The van der Waals surface area contributed by atoms with Crippen molar-refractivity contribution < 1.29 is 4.74 Å². The highest BCUT2D eigenvalue weighted by molar-refractivity contribution is 5.84. The van der Waals surface area contributed by atoms with Crippen molar-refractivity contribution in [3.63, 3.8) is 0 Å². The number of fused-ring (bicyclic) bond motifs is 2. The summed E-state index contributed by atoms with van der Waals surface area (Å²) in [5.41, 5.74) is 9.41. The zero-order valence-corrected chi connectivity index (χ0v) is 16.0. The van der Waals surface area contributed by atoms with Crippen LogP contribution in [0.5, 0.6) is 5.75 Å². The summed E-state index contributed by atoms with van der Waals surface area (Å²) in [6.45, 7) is 5.25. The minimum absolute atomic E-state index is 0.917. The second-order valence-electron chi connectivity index (χ2n) is 7.48. The molecule has 3 heterocycles. The minimum Gasteiger partial charge on any atom is -0.496 e. The molecule has 0 saturated heterocycles. The van der Waals surface area contributed by atoms with E-state index in [1.165, 1.54) is 34.6 Å². The third kappa shape index (κ3) is 2.51. The van der Waals surface area contributed by atoms with Crippen molar-refractivity contribution in [2.45, 2.75) is 39.7 Å². The Morgan fingerprint density at radius 3 is 2.63 bits per heavy atom. The monoisotopic (exact) mass is 357 g/mol. The number of hydrogen-bond acceptors (Lipinski definition) is 3. The van der Waals surface area contributed by atoms with Gasteiger partial charge in [0.05, 0.1) is 24.2 Å². The van der Waals surface area contributed by atoms with E-state index in [-0.39, 0.29) is 0 Å². The van der Waals surface area contributed by atoms with Gasteiger partial charge in [-0.3, -0.25) is 4.99 Å². The molecule has 4 nitrogen and oxygen atoms in total. The van der Waals surface area contributed by atoms with Gasteiger partial charge >= 0.3 is 0 Å². The summed E-state index contributed by atoms with van der Waals surface area (Å²) in [7, 11) is 1.73. The maximum absolute atomic E-state index is 5.55. The maximum Gasteiger partial charge on any atom is 0.124 e. The predicted molar refractivity (Wildman–Crippen MR) is 109 cm³/mol. The molecule has 2 aliphatic rings. The van der Waals surface area contributed by atoms with Crippen LogP contribution in [0.25, 0.3) is 22.5 Å². The number of rotatable bonds is 3. The lowest BCUT2D eigenvalue weighted by Crippen LogP contribution is -1.98. The summed E-state index contributed by atoms with van der Waals surface area (Å²) in [6, 6.07) is 11.0. The number of aliphatic imine (C=N–C) groups is 1. The standard InChI is InChI=1S/C23H23N3O/c1-14-11-18(12-15(2)23(14)27-3)21-22(26-10-4-5-20(26)25-21)17-6-7-19-16(13-17)8-9-24-19/h6-7,9,11-13H,4-5,8,10H2,1-3H3. The molecule has 0 atom stereocenters. The Kier molecular flexibility index (Phi) is 3.67. The van der Waals surface area contributed by atoms with Crippen LogP contribution in [0, 0.1) is 13.8 Å². The second-order valence-corrected chi connectivity index (χ2v) is 7.48. The van der Waals surface area contributed by atoms with Gasteiger partial charge in [0.15, 0.2) is 0 Å². The molecule has 4 heteroatoms. The third-order valence-corrected chi connectivity index (χ3v) is 5.66. The van der Waals surface area contributed by atoms with Crippen LogP contribution >= 0.6 is 0 Å². The molecule has 0 N–H and O–H groups in total. The molecule has 0 spiro atoms. The van der Waals surface area contributed by atoms with Crippen LogP contribution in [0.4, 0.5) is 5.69 Å². The summed E-state index contributed by atoms with van der Waals surface area (Å²) < 4.78 is 7.96. The molecular formula is C23H23N3O. The molecule has 0 saturated carbocycles. The van der Waals surface area contributed by atoms with Crippen molar-refractivity contribution in [1.29, 1.82) is 0 Å². The first-order chi connectivity index (χ1) is 13.2. The van der Waals surface area contributed by atoms with Crippen LogP contribution in [0.1, 0.15) is 28.9 Å². The number of ether oxygens (including phenoxy) is 1. The Bertz CT molecular complexity index is 1070. The third-order valence-electron chi connectivity index (χ3n) is 5.66. The average Bonchev–Trinajstić information content (AvgIpc) is 3.36. The van der Waals surface area contributed by atoms with E-state index in [0.29, 0.717) is 0 Å².